The van der Waals surface area contributed by atoms with Gasteiger partial charge in [0.1, 0.15) is 6.04 Å². The van der Waals surface area contributed by atoms with E-state index in [0.29, 0.717) is 24.5 Å². The zero-order valence-corrected chi connectivity index (χ0v) is 16.9. The second-order valence-electron chi connectivity index (χ2n) is 7.25. The van der Waals surface area contributed by atoms with Gasteiger partial charge in [0.25, 0.3) is 0 Å². The predicted octanol–water partition coefficient (Wildman–Crippen LogP) is 4.43. The van der Waals surface area contributed by atoms with Crippen LogP contribution in [0.2, 0.25) is 0 Å². The minimum absolute atomic E-state index is 0.147. The minimum Gasteiger partial charge on any atom is -0.493 e. The molecule has 2 unspecified atom stereocenters. The van der Waals surface area contributed by atoms with Gasteiger partial charge in [-0.05, 0) is 56.5 Å². The number of carboxylic acid groups (broad SMARTS) is 1. The Morgan fingerprint density at radius 3 is 2.64 bits per heavy atom. The summed E-state index contributed by atoms with van der Waals surface area (Å²) < 4.78 is 11.2. The fourth-order valence-corrected chi connectivity index (χ4v) is 4.07. The number of hydrogen-bond donors (Lipinski definition) is 1. The molecule has 0 bridgehead atoms. The minimum atomic E-state index is -0.754. The van der Waals surface area contributed by atoms with Crippen molar-refractivity contribution in [1.82, 2.24) is 4.90 Å². The number of likely N-dealkylation sites (tertiary alicyclic amines) is 1. The molecule has 0 saturated carbocycles. The monoisotopic (exact) mass is 383 g/mol. The molecule has 1 aliphatic heterocycles. The second kappa shape index (κ2) is 9.11. The van der Waals surface area contributed by atoms with E-state index in [1.807, 2.05) is 31.2 Å². The Kier molecular flexibility index (Phi) is 6.57. The molecule has 0 amide bonds. The van der Waals surface area contributed by atoms with Crippen molar-refractivity contribution in [2.24, 2.45) is 0 Å². The molecule has 0 radical (unpaired) electrons. The molecule has 5 heteroatoms. The topological polar surface area (TPSA) is 59.0 Å². The van der Waals surface area contributed by atoms with E-state index in [1.165, 1.54) is 0 Å². The third-order valence-electron chi connectivity index (χ3n) is 5.32. The molecule has 0 spiro atoms. The number of aryl methyl sites for hydroxylation is 1. The van der Waals surface area contributed by atoms with Gasteiger partial charge in [-0.2, -0.15) is 0 Å². The van der Waals surface area contributed by atoms with E-state index in [1.54, 1.807) is 7.11 Å². The van der Waals surface area contributed by atoms with Crippen LogP contribution in [0.4, 0.5) is 0 Å². The maximum atomic E-state index is 12.0. The molecule has 0 aliphatic carbocycles. The van der Waals surface area contributed by atoms with Crippen LogP contribution >= 0.6 is 0 Å². The van der Waals surface area contributed by atoms with Gasteiger partial charge < -0.3 is 14.6 Å². The van der Waals surface area contributed by atoms with E-state index in [9.17, 15) is 9.90 Å². The largest absolute Gasteiger partial charge is 0.493 e. The summed E-state index contributed by atoms with van der Waals surface area (Å²) in [7, 11) is 1.63. The molecule has 2 atom stereocenters. The Hall–Kier alpha value is -2.53. The van der Waals surface area contributed by atoms with E-state index in [2.05, 4.69) is 30.0 Å². The molecule has 2 aromatic rings. The zero-order chi connectivity index (χ0) is 20.1. The number of carboxylic acids is 1. The maximum Gasteiger partial charge on any atom is 0.320 e. The van der Waals surface area contributed by atoms with Gasteiger partial charge in [0.2, 0.25) is 0 Å². The molecule has 1 fully saturated rings. The first-order valence-corrected chi connectivity index (χ1v) is 9.91. The summed E-state index contributed by atoms with van der Waals surface area (Å²) in [5.74, 6) is 0.612. The zero-order valence-electron chi connectivity index (χ0n) is 16.9. The summed E-state index contributed by atoms with van der Waals surface area (Å²) in [6.45, 7) is 5.31. The highest BCUT2D eigenvalue weighted by Crippen LogP contribution is 2.38. The van der Waals surface area contributed by atoms with Crippen LogP contribution in [-0.2, 0) is 4.79 Å². The molecule has 1 saturated heterocycles. The highest BCUT2D eigenvalue weighted by molar-refractivity contribution is 5.73. The number of nitrogens with zero attached hydrogens (tertiary/aromatic N) is 1. The van der Waals surface area contributed by atoms with Gasteiger partial charge >= 0.3 is 5.97 Å². The first kappa shape index (κ1) is 20.2. The first-order valence-electron chi connectivity index (χ1n) is 9.91. The second-order valence-corrected chi connectivity index (χ2v) is 7.25. The van der Waals surface area contributed by atoms with Crippen molar-refractivity contribution >= 4 is 5.97 Å². The van der Waals surface area contributed by atoms with E-state index >= 15 is 0 Å². The van der Waals surface area contributed by atoms with Crippen LogP contribution in [0, 0.1) is 6.92 Å². The summed E-state index contributed by atoms with van der Waals surface area (Å²) in [5.41, 5.74) is 3.27. The van der Waals surface area contributed by atoms with Crippen molar-refractivity contribution in [3.05, 3.63) is 59.2 Å². The van der Waals surface area contributed by atoms with Crippen LogP contribution in [0.25, 0.3) is 0 Å². The van der Waals surface area contributed by atoms with Gasteiger partial charge in [-0.25, -0.2) is 0 Å². The highest BCUT2D eigenvalue weighted by Gasteiger charge is 2.35. The van der Waals surface area contributed by atoms with Gasteiger partial charge in [0, 0.05) is 0 Å². The van der Waals surface area contributed by atoms with Gasteiger partial charge in [0.05, 0.1) is 19.8 Å². The fraction of sp³-hybridized carbons (Fsp3) is 0.435. The number of piperidine rings is 1. The standard InChI is InChI=1S/C23H29NO4/c1-4-28-20-12-11-18(15-21(20)27-3)22(17-9-7-8-16(2)14-17)24-13-6-5-10-19(24)23(25)26/h7-9,11-12,14-15,19,22H,4-6,10,13H2,1-3H3,(H,25,26). The van der Waals surface area contributed by atoms with Crippen molar-refractivity contribution in [3.63, 3.8) is 0 Å². The van der Waals surface area contributed by atoms with Crippen molar-refractivity contribution in [1.29, 1.82) is 0 Å². The average Bonchev–Trinajstić information content (AvgIpc) is 2.69. The smallest absolute Gasteiger partial charge is 0.320 e. The maximum absolute atomic E-state index is 12.0. The van der Waals surface area contributed by atoms with Crippen LogP contribution in [0.15, 0.2) is 42.5 Å². The number of hydrogen-bond acceptors (Lipinski definition) is 4. The molecule has 1 aliphatic rings. The van der Waals surface area contributed by atoms with Crippen LogP contribution in [0.5, 0.6) is 11.5 Å². The molecule has 28 heavy (non-hydrogen) atoms. The molecule has 150 valence electrons. The Morgan fingerprint density at radius 1 is 1.18 bits per heavy atom. The Balaban J connectivity index is 2.10. The van der Waals surface area contributed by atoms with Crippen molar-refractivity contribution in [2.75, 3.05) is 20.3 Å². The van der Waals surface area contributed by atoms with Crippen molar-refractivity contribution < 1.29 is 19.4 Å². The van der Waals surface area contributed by atoms with Gasteiger partial charge in [0.15, 0.2) is 11.5 Å². The molecule has 1 N–H and O–H groups in total. The molecule has 5 nitrogen and oxygen atoms in total. The summed E-state index contributed by atoms with van der Waals surface area (Å²) in [6, 6.07) is 13.6. The summed E-state index contributed by atoms with van der Waals surface area (Å²) in [6.07, 6.45) is 2.62. The lowest BCUT2D eigenvalue weighted by Crippen LogP contribution is -2.46. The summed E-state index contributed by atoms with van der Waals surface area (Å²) in [5, 5.41) is 9.83. The molecule has 2 aromatic carbocycles. The van der Waals surface area contributed by atoms with Crippen LogP contribution in [0.1, 0.15) is 48.9 Å². The van der Waals surface area contributed by atoms with Gasteiger partial charge in [-0.3, -0.25) is 9.69 Å². The Labute approximate surface area is 166 Å². The van der Waals surface area contributed by atoms with Crippen molar-refractivity contribution in [3.8, 4) is 11.5 Å². The van der Waals surface area contributed by atoms with E-state index in [-0.39, 0.29) is 6.04 Å². The van der Waals surface area contributed by atoms with Gasteiger partial charge in [-0.15, -0.1) is 0 Å². The van der Waals surface area contributed by atoms with Crippen LogP contribution in [0.3, 0.4) is 0 Å². The predicted molar refractivity (Wildman–Crippen MR) is 109 cm³/mol. The summed E-state index contributed by atoms with van der Waals surface area (Å²) in [4.78, 5) is 14.1. The highest BCUT2D eigenvalue weighted by atomic mass is 16.5. The summed E-state index contributed by atoms with van der Waals surface area (Å²) >= 11 is 0. The lowest BCUT2D eigenvalue weighted by atomic mass is 9.91. The molecular weight excluding hydrogens is 354 g/mol. The molecular formula is C23H29NO4. The first-order chi connectivity index (χ1) is 13.5. The van der Waals surface area contributed by atoms with Gasteiger partial charge in [-0.1, -0.05) is 42.3 Å². The third-order valence-corrected chi connectivity index (χ3v) is 5.32. The normalized spacial score (nSPS) is 18.5. The lowest BCUT2D eigenvalue weighted by Gasteiger charge is -2.40. The number of benzene rings is 2. The fourth-order valence-electron chi connectivity index (χ4n) is 4.07. The lowest BCUT2D eigenvalue weighted by molar-refractivity contribution is -0.145. The van der Waals surface area contributed by atoms with Crippen LogP contribution < -0.4 is 9.47 Å². The number of ether oxygens (including phenoxy) is 2. The van der Waals surface area contributed by atoms with Crippen molar-refractivity contribution in [2.45, 2.75) is 45.2 Å². The third kappa shape index (κ3) is 4.30. The molecule has 3 rings (SSSR count). The van der Waals surface area contributed by atoms with E-state index in [0.717, 1.165) is 36.1 Å². The quantitative estimate of drug-likeness (QED) is 0.766. The number of methoxy groups -OCH3 is 1. The molecule has 1 heterocycles. The number of aliphatic carboxylic acids is 1. The van der Waals surface area contributed by atoms with Crippen LogP contribution in [-0.4, -0.2) is 42.3 Å². The Morgan fingerprint density at radius 2 is 1.96 bits per heavy atom. The number of carbonyl (C=O) groups is 1. The molecule has 0 aromatic heterocycles. The Bertz CT molecular complexity index is 820. The SMILES string of the molecule is CCOc1ccc(C(c2cccc(C)c2)N2CCCCC2C(=O)O)cc1OC. The van der Waals surface area contributed by atoms with E-state index in [4.69, 9.17) is 9.47 Å². The number of rotatable bonds is 7. The van der Waals surface area contributed by atoms with E-state index < -0.39 is 12.0 Å². The average molecular weight is 383 g/mol.